The lowest BCUT2D eigenvalue weighted by Gasteiger charge is -2.21. The second-order valence-corrected chi connectivity index (χ2v) is 5.13. The average Bonchev–Trinajstić information content (AvgIpc) is 2.66. The SMILES string of the molecule is CC(C)N(CC#N)S(=O)(=O)c1cn[nH]c1. The minimum atomic E-state index is -3.60. The largest absolute Gasteiger partial charge is 0.284 e. The van der Waals surface area contributed by atoms with Crippen LogP contribution in [0.4, 0.5) is 0 Å². The number of hydrogen-bond acceptors (Lipinski definition) is 4. The molecule has 0 saturated carbocycles. The van der Waals surface area contributed by atoms with Crippen molar-refractivity contribution in [3.8, 4) is 6.07 Å². The lowest BCUT2D eigenvalue weighted by Crippen LogP contribution is -2.37. The maximum atomic E-state index is 11.9. The summed E-state index contributed by atoms with van der Waals surface area (Å²) in [6.45, 7) is 3.27. The molecule has 0 saturated heterocycles. The van der Waals surface area contributed by atoms with Crippen LogP contribution in [0.1, 0.15) is 13.8 Å². The fourth-order valence-electron chi connectivity index (χ4n) is 1.13. The van der Waals surface area contributed by atoms with Gasteiger partial charge in [-0.15, -0.1) is 0 Å². The summed E-state index contributed by atoms with van der Waals surface area (Å²) in [5, 5.41) is 14.6. The summed E-state index contributed by atoms with van der Waals surface area (Å²) in [7, 11) is -3.60. The second-order valence-electron chi connectivity index (χ2n) is 3.24. The van der Waals surface area contributed by atoms with Gasteiger partial charge in [0.25, 0.3) is 0 Å². The minimum absolute atomic E-state index is 0.0754. The van der Waals surface area contributed by atoms with E-state index in [4.69, 9.17) is 5.26 Å². The van der Waals surface area contributed by atoms with E-state index in [0.717, 1.165) is 4.31 Å². The molecule has 0 unspecified atom stereocenters. The van der Waals surface area contributed by atoms with Crippen LogP contribution in [-0.2, 0) is 10.0 Å². The van der Waals surface area contributed by atoms with Crippen LogP contribution in [0.5, 0.6) is 0 Å². The summed E-state index contributed by atoms with van der Waals surface area (Å²) >= 11 is 0. The van der Waals surface area contributed by atoms with Gasteiger partial charge in [-0.05, 0) is 13.8 Å². The number of sulfonamides is 1. The molecule has 15 heavy (non-hydrogen) atoms. The summed E-state index contributed by atoms with van der Waals surface area (Å²) < 4.78 is 25.0. The van der Waals surface area contributed by atoms with E-state index in [1.807, 2.05) is 6.07 Å². The fraction of sp³-hybridized carbons (Fsp3) is 0.500. The van der Waals surface area contributed by atoms with Crippen molar-refractivity contribution in [3.05, 3.63) is 12.4 Å². The van der Waals surface area contributed by atoms with Crippen molar-refractivity contribution >= 4 is 10.0 Å². The summed E-state index contributed by atoms with van der Waals surface area (Å²) in [5.41, 5.74) is 0. The third kappa shape index (κ3) is 2.34. The molecule has 0 aliphatic carbocycles. The van der Waals surface area contributed by atoms with Crippen molar-refractivity contribution in [2.24, 2.45) is 0 Å². The van der Waals surface area contributed by atoms with E-state index < -0.39 is 10.0 Å². The highest BCUT2D eigenvalue weighted by Gasteiger charge is 2.27. The number of nitrogens with zero attached hydrogens (tertiary/aromatic N) is 3. The highest BCUT2D eigenvalue weighted by molar-refractivity contribution is 7.89. The molecule has 1 rings (SSSR count). The van der Waals surface area contributed by atoms with Gasteiger partial charge in [0.2, 0.25) is 10.0 Å². The number of hydrogen-bond donors (Lipinski definition) is 1. The van der Waals surface area contributed by atoms with E-state index in [1.165, 1.54) is 12.4 Å². The van der Waals surface area contributed by atoms with Gasteiger partial charge >= 0.3 is 0 Å². The molecule has 7 heteroatoms. The van der Waals surface area contributed by atoms with Crippen molar-refractivity contribution in [1.29, 1.82) is 5.26 Å². The molecule has 1 N–H and O–H groups in total. The van der Waals surface area contributed by atoms with E-state index in [2.05, 4.69) is 10.2 Å². The van der Waals surface area contributed by atoms with Crippen LogP contribution in [0, 0.1) is 11.3 Å². The Morgan fingerprint density at radius 2 is 2.33 bits per heavy atom. The highest BCUT2D eigenvalue weighted by Crippen LogP contribution is 2.15. The number of aromatic amines is 1. The molecule has 1 heterocycles. The van der Waals surface area contributed by atoms with Crippen LogP contribution in [0.3, 0.4) is 0 Å². The fourth-order valence-corrected chi connectivity index (χ4v) is 2.57. The van der Waals surface area contributed by atoms with Crippen LogP contribution in [0.25, 0.3) is 0 Å². The number of nitriles is 1. The number of aromatic nitrogens is 2. The predicted octanol–water partition coefficient (Wildman–Crippen LogP) is 0.332. The Kier molecular flexibility index (Phi) is 3.44. The quantitative estimate of drug-likeness (QED) is 0.752. The standard InChI is InChI=1S/C8H12N4O2S/c1-7(2)12(4-3-9)15(13,14)8-5-10-11-6-8/h5-7H,4H2,1-2H3,(H,10,11). The van der Waals surface area contributed by atoms with E-state index in [9.17, 15) is 8.42 Å². The highest BCUT2D eigenvalue weighted by atomic mass is 32.2. The van der Waals surface area contributed by atoms with Crippen LogP contribution in [0.2, 0.25) is 0 Å². The number of rotatable bonds is 4. The molecule has 0 aliphatic heterocycles. The van der Waals surface area contributed by atoms with Crippen LogP contribution in [0.15, 0.2) is 17.3 Å². The Morgan fingerprint density at radius 3 is 2.73 bits per heavy atom. The molecular formula is C8H12N4O2S. The number of nitrogens with one attached hydrogen (secondary N) is 1. The summed E-state index contributed by atoms with van der Waals surface area (Å²) in [6, 6.07) is 1.57. The van der Waals surface area contributed by atoms with E-state index in [-0.39, 0.29) is 17.5 Å². The van der Waals surface area contributed by atoms with Gasteiger partial charge in [0, 0.05) is 12.2 Å². The first kappa shape index (κ1) is 11.7. The zero-order valence-electron chi connectivity index (χ0n) is 8.51. The normalized spacial score (nSPS) is 11.9. The maximum Gasteiger partial charge on any atom is 0.247 e. The predicted molar refractivity (Wildman–Crippen MR) is 53.2 cm³/mol. The van der Waals surface area contributed by atoms with E-state index in [0.29, 0.717) is 0 Å². The van der Waals surface area contributed by atoms with Crippen molar-refractivity contribution in [2.75, 3.05) is 6.54 Å². The van der Waals surface area contributed by atoms with Gasteiger partial charge in [0.05, 0.1) is 12.3 Å². The van der Waals surface area contributed by atoms with Gasteiger partial charge in [-0.1, -0.05) is 0 Å². The van der Waals surface area contributed by atoms with Crippen LogP contribution >= 0.6 is 0 Å². The molecule has 0 amide bonds. The molecule has 0 aliphatic rings. The zero-order chi connectivity index (χ0) is 11.5. The Morgan fingerprint density at radius 1 is 1.67 bits per heavy atom. The van der Waals surface area contributed by atoms with Crippen molar-refractivity contribution in [1.82, 2.24) is 14.5 Å². The summed E-state index contributed by atoms with van der Waals surface area (Å²) in [6.07, 6.45) is 2.52. The second kappa shape index (κ2) is 4.42. The molecule has 6 nitrogen and oxygen atoms in total. The molecule has 0 spiro atoms. The Bertz CT molecular complexity index is 443. The molecule has 0 atom stereocenters. The first-order valence-electron chi connectivity index (χ1n) is 4.37. The van der Waals surface area contributed by atoms with Gasteiger partial charge in [0.1, 0.15) is 11.4 Å². The lowest BCUT2D eigenvalue weighted by molar-refractivity contribution is 0.385. The smallest absolute Gasteiger partial charge is 0.247 e. The van der Waals surface area contributed by atoms with E-state index in [1.54, 1.807) is 13.8 Å². The molecule has 0 radical (unpaired) electrons. The summed E-state index contributed by atoms with van der Waals surface area (Å²) in [5.74, 6) is 0. The van der Waals surface area contributed by atoms with Gasteiger partial charge in [-0.2, -0.15) is 14.7 Å². The Labute approximate surface area is 88.6 Å². The van der Waals surface area contributed by atoms with Crippen molar-refractivity contribution in [2.45, 2.75) is 24.8 Å². The Balaban J connectivity index is 3.09. The van der Waals surface area contributed by atoms with Crippen molar-refractivity contribution in [3.63, 3.8) is 0 Å². The molecule has 0 aromatic carbocycles. The van der Waals surface area contributed by atoms with Crippen LogP contribution in [-0.4, -0.2) is 35.5 Å². The minimum Gasteiger partial charge on any atom is -0.284 e. The molecule has 1 aromatic rings. The topological polar surface area (TPSA) is 89.8 Å². The zero-order valence-corrected chi connectivity index (χ0v) is 9.32. The molecule has 0 fully saturated rings. The molecule has 0 bridgehead atoms. The van der Waals surface area contributed by atoms with Gasteiger partial charge in [-0.25, -0.2) is 8.42 Å². The third-order valence-corrected chi connectivity index (χ3v) is 3.87. The molecule has 82 valence electrons. The molecular weight excluding hydrogens is 216 g/mol. The van der Waals surface area contributed by atoms with Crippen LogP contribution < -0.4 is 0 Å². The molecule has 1 aromatic heterocycles. The Hall–Kier alpha value is -1.39. The third-order valence-electron chi connectivity index (χ3n) is 1.88. The van der Waals surface area contributed by atoms with Crippen molar-refractivity contribution < 1.29 is 8.42 Å². The average molecular weight is 228 g/mol. The lowest BCUT2D eigenvalue weighted by atomic mass is 10.4. The maximum absolute atomic E-state index is 11.9. The number of H-pyrrole nitrogens is 1. The van der Waals surface area contributed by atoms with E-state index >= 15 is 0 Å². The summed E-state index contributed by atoms with van der Waals surface area (Å²) in [4.78, 5) is 0.0754. The van der Waals surface area contributed by atoms with Gasteiger partial charge in [0.15, 0.2) is 0 Å². The monoisotopic (exact) mass is 228 g/mol. The van der Waals surface area contributed by atoms with Gasteiger partial charge < -0.3 is 0 Å². The first-order chi connectivity index (χ1) is 7.00. The first-order valence-corrected chi connectivity index (χ1v) is 5.81. The van der Waals surface area contributed by atoms with Gasteiger partial charge in [-0.3, -0.25) is 5.10 Å².